The molecule has 1 aromatic heterocycles. The van der Waals surface area contributed by atoms with Gasteiger partial charge < -0.3 is 15.2 Å². The van der Waals surface area contributed by atoms with Gasteiger partial charge in [0.25, 0.3) is 0 Å². The second-order valence-corrected chi connectivity index (χ2v) is 4.53. The highest BCUT2D eigenvalue weighted by molar-refractivity contribution is 5.80. The van der Waals surface area contributed by atoms with E-state index in [-0.39, 0.29) is 5.91 Å². The van der Waals surface area contributed by atoms with Crippen LogP contribution in [0.15, 0.2) is 18.3 Å². The van der Waals surface area contributed by atoms with Crippen LogP contribution in [0.25, 0.3) is 0 Å². The van der Waals surface area contributed by atoms with Gasteiger partial charge in [0, 0.05) is 44.0 Å². The average molecular weight is 235 g/mol. The Morgan fingerprint density at radius 1 is 1.47 bits per heavy atom. The van der Waals surface area contributed by atoms with Gasteiger partial charge in [-0.05, 0) is 31.9 Å². The lowest BCUT2D eigenvalue weighted by Gasteiger charge is -2.08. The van der Waals surface area contributed by atoms with E-state index in [2.05, 4.69) is 40.5 Å². The quantitative estimate of drug-likeness (QED) is 0.696. The summed E-state index contributed by atoms with van der Waals surface area (Å²) in [6.45, 7) is 5.55. The van der Waals surface area contributed by atoms with E-state index in [0.29, 0.717) is 5.92 Å². The molecular formula is C13H21N3O. The summed E-state index contributed by atoms with van der Waals surface area (Å²) in [5.74, 6) is 0.538. The van der Waals surface area contributed by atoms with E-state index in [0.717, 1.165) is 39.0 Å². The molecule has 17 heavy (non-hydrogen) atoms. The molecule has 4 nitrogen and oxygen atoms in total. The third-order valence-electron chi connectivity index (χ3n) is 3.12. The minimum atomic E-state index is 0.226. The molecule has 2 N–H and O–H groups in total. The van der Waals surface area contributed by atoms with Crippen molar-refractivity contribution in [3.05, 3.63) is 24.0 Å². The van der Waals surface area contributed by atoms with Crippen LogP contribution in [0.1, 0.15) is 25.5 Å². The predicted octanol–water partition coefficient (Wildman–Crippen LogP) is 1.12. The molecule has 2 rings (SSSR count). The zero-order chi connectivity index (χ0) is 12.1. The van der Waals surface area contributed by atoms with E-state index < -0.39 is 0 Å². The number of hydrogen-bond donors (Lipinski definition) is 2. The molecule has 1 aliphatic carbocycles. The number of amides is 1. The van der Waals surface area contributed by atoms with Crippen molar-refractivity contribution < 1.29 is 4.79 Å². The van der Waals surface area contributed by atoms with Gasteiger partial charge in [0.05, 0.1) is 0 Å². The first-order valence-corrected chi connectivity index (χ1v) is 6.43. The third kappa shape index (κ3) is 3.60. The molecule has 0 radical (unpaired) electrons. The fourth-order valence-electron chi connectivity index (χ4n) is 1.90. The molecule has 1 aromatic rings. The average Bonchev–Trinajstić information content (AvgIpc) is 3.09. The van der Waals surface area contributed by atoms with E-state index in [1.54, 1.807) is 0 Å². The van der Waals surface area contributed by atoms with Crippen LogP contribution in [-0.2, 0) is 17.9 Å². The highest BCUT2D eigenvalue weighted by Crippen LogP contribution is 2.28. The van der Waals surface area contributed by atoms with Gasteiger partial charge in [-0.2, -0.15) is 0 Å². The zero-order valence-corrected chi connectivity index (χ0v) is 10.4. The van der Waals surface area contributed by atoms with Gasteiger partial charge in [0.15, 0.2) is 0 Å². The Morgan fingerprint density at radius 3 is 3.00 bits per heavy atom. The van der Waals surface area contributed by atoms with Gasteiger partial charge >= 0.3 is 0 Å². The van der Waals surface area contributed by atoms with Gasteiger partial charge in [-0.3, -0.25) is 4.79 Å². The van der Waals surface area contributed by atoms with Gasteiger partial charge in [0.2, 0.25) is 5.91 Å². The fraction of sp³-hybridized carbons (Fsp3) is 0.615. The molecule has 1 saturated carbocycles. The zero-order valence-electron chi connectivity index (χ0n) is 10.4. The maximum absolute atomic E-state index is 11.4. The Balaban J connectivity index is 1.58. The second-order valence-electron chi connectivity index (χ2n) is 4.53. The Morgan fingerprint density at radius 2 is 2.29 bits per heavy atom. The summed E-state index contributed by atoms with van der Waals surface area (Å²) in [6, 6.07) is 4.19. The molecule has 1 heterocycles. The lowest BCUT2D eigenvalue weighted by molar-refractivity contribution is -0.122. The maximum atomic E-state index is 11.4. The number of rotatable bonds is 7. The van der Waals surface area contributed by atoms with Gasteiger partial charge in [0.1, 0.15) is 0 Å². The number of nitrogens with one attached hydrogen (secondary N) is 2. The Kier molecular flexibility index (Phi) is 4.20. The van der Waals surface area contributed by atoms with E-state index in [1.807, 2.05) is 0 Å². The number of carbonyl (C=O) groups is 1. The van der Waals surface area contributed by atoms with Crippen molar-refractivity contribution >= 4 is 5.91 Å². The number of carbonyl (C=O) groups excluding carboxylic acids is 1. The van der Waals surface area contributed by atoms with Crippen molar-refractivity contribution in [2.75, 3.05) is 13.1 Å². The smallest absolute Gasteiger partial charge is 0.223 e. The van der Waals surface area contributed by atoms with Crippen LogP contribution in [-0.4, -0.2) is 23.6 Å². The minimum Gasteiger partial charge on any atom is -0.355 e. The Labute approximate surface area is 102 Å². The van der Waals surface area contributed by atoms with Crippen molar-refractivity contribution in [1.29, 1.82) is 0 Å². The summed E-state index contributed by atoms with van der Waals surface area (Å²) in [5, 5.41) is 6.29. The van der Waals surface area contributed by atoms with E-state index in [1.165, 1.54) is 5.69 Å². The first kappa shape index (κ1) is 12.2. The number of aromatic nitrogens is 1. The van der Waals surface area contributed by atoms with Crippen molar-refractivity contribution in [2.45, 2.75) is 32.9 Å². The van der Waals surface area contributed by atoms with Crippen LogP contribution >= 0.6 is 0 Å². The molecule has 4 heteroatoms. The number of aryl methyl sites for hydroxylation is 1. The molecule has 94 valence electrons. The van der Waals surface area contributed by atoms with Crippen LogP contribution < -0.4 is 10.6 Å². The van der Waals surface area contributed by atoms with E-state index in [4.69, 9.17) is 0 Å². The van der Waals surface area contributed by atoms with Gasteiger partial charge in [-0.1, -0.05) is 0 Å². The van der Waals surface area contributed by atoms with Crippen molar-refractivity contribution in [2.24, 2.45) is 5.92 Å². The largest absolute Gasteiger partial charge is 0.355 e. The second kappa shape index (κ2) is 5.87. The molecule has 0 aliphatic heterocycles. The van der Waals surface area contributed by atoms with Crippen molar-refractivity contribution in [3.8, 4) is 0 Å². The summed E-state index contributed by atoms with van der Waals surface area (Å²) < 4.78 is 2.22. The molecule has 1 fully saturated rings. The standard InChI is InChI=1S/C13H21N3O/c1-2-16-9-3-4-12(16)10-14-7-8-15-13(17)11-5-6-11/h3-4,9,11,14H,2,5-8,10H2,1H3,(H,15,17). The van der Waals surface area contributed by atoms with Gasteiger partial charge in [-0.25, -0.2) is 0 Å². The van der Waals surface area contributed by atoms with Crippen LogP contribution in [0.3, 0.4) is 0 Å². The highest BCUT2D eigenvalue weighted by atomic mass is 16.2. The summed E-state index contributed by atoms with van der Waals surface area (Å²) in [7, 11) is 0. The first-order chi connectivity index (χ1) is 8.31. The lowest BCUT2D eigenvalue weighted by atomic mass is 10.4. The molecule has 0 aromatic carbocycles. The SMILES string of the molecule is CCn1cccc1CNCCNC(=O)C1CC1. The van der Waals surface area contributed by atoms with Crippen molar-refractivity contribution in [1.82, 2.24) is 15.2 Å². The van der Waals surface area contributed by atoms with Crippen LogP contribution in [0.5, 0.6) is 0 Å². The predicted molar refractivity (Wildman–Crippen MR) is 67.5 cm³/mol. The topological polar surface area (TPSA) is 46.1 Å². The minimum absolute atomic E-state index is 0.226. The van der Waals surface area contributed by atoms with E-state index >= 15 is 0 Å². The molecule has 0 bridgehead atoms. The van der Waals surface area contributed by atoms with E-state index in [9.17, 15) is 4.79 Å². The number of hydrogen-bond acceptors (Lipinski definition) is 2. The number of nitrogens with zero attached hydrogens (tertiary/aromatic N) is 1. The molecular weight excluding hydrogens is 214 g/mol. The highest BCUT2D eigenvalue weighted by Gasteiger charge is 2.28. The normalized spacial score (nSPS) is 14.9. The molecule has 1 amide bonds. The lowest BCUT2D eigenvalue weighted by Crippen LogP contribution is -2.32. The van der Waals surface area contributed by atoms with Gasteiger partial charge in [-0.15, -0.1) is 0 Å². The molecule has 0 saturated heterocycles. The first-order valence-electron chi connectivity index (χ1n) is 6.43. The van der Waals surface area contributed by atoms with Crippen LogP contribution in [0.2, 0.25) is 0 Å². The summed E-state index contributed by atoms with van der Waals surface area (Å²) in [5.41, 5.74) is 1.29. The monoisotopic (exact) mass is 235 g/mol. The molecule has 1 aliphatic rings. The van der Waals surface area contributed by atoms with Crippen LogP contribution in [0.4, 0.5) is 0 Å². The van der Waals surface area contributed by atoms with Crippen LogP contribution in [0, 0.1) is 5.92 Å². The molecule has 0 spiro atoms. The fourth-order valence-corrected chi connectivity index (χ4v) is 1.90. The summed E-state index contributed by atoms with van der Waals surface area (Å²) >= 11 is 0. The Bertz CT molecular complexity index is 368. The maximum Gasteiger partial charge on any atom is 0.223 e. The summed E-state index contributed by atoms with van der Waals surface area (Å²) in [4.78, 5) is 11.4. The summed E-state index contributed by atoms with van der Waals surface area (Å²) in [6.07, 6.45) is 4.23. The van der Waals surface area contributed by atoms with Crippen molar-refractivity contribution in [3.63, 3.8) is 0 Å². The molecule has 0 unspecified atom stereocenters. The molecule has 0 atom stereocenters. The third-order valence-corrected chi connectivity index (χ3v) is 3.12. The Hall–Kier alpha value is -1.29.